The molecule has 0 nitrogen and oxygen atoms in total. The van der Waals surface area contributed by atoms with Crippen LogP contribution in [0.2, 0.25) is 0 Å². The summed E-state index contributed by atoms with van der Waals surface area (Å²) in [5.74, 6) is 0. The standard InChI is InChI=1S/C28H18/c1-2-12-21-20(11-1)22-13-3-5-17-27(22)24-15-7-9-19-10-8-16-25(26(19)24)28(27)18-6-4-14-23(21)28/h1-18H. The summed E-state index contributed by atoms with van der Waals surface area (Å²) in [6.45, 7) is 0. The van der Waals surface area contributed by atoms with Gasteiger partial charge in [-0.2, -0.15) is 0 Å². The van der Waals surface area contributed by atoms with Crippen molar-refractivity contribution in [1.82, 2.24) is 0 Å². The maximum atomic E-state index is 2.45. The van der Waals surface area contributed by atoms with Gasteiger partial charge in [0.15, 0.2) is 0 Å². The third kappa shape index (κ3) is 1.35. The highest BCUT2D eigenvalue weighted by atomic mass is 14.6. The highest BCUT2D eigenvalue weighted by Gasteiger charge is 2.61. The van der Waals surface area contributed by atoms with E-state index in [4.69, 9.17) is 0 Å². The first kappa shape index (κ1) is 14.6. The molecule has 7 rings (SSSR count). The topological polar surface area (TPSA) is 0 Å². The lowest BCUT2D eigenvalue weighted by molar-refractivity contribution is 0.525. The Kier molecular flexibility index (Phi) is 2.47. The van der Waals surface area contributed by atoms with Gasteiger partial charge in [0.25, 0.3) is 0 Å². The summed E-state index contributed by atoms with van der Waals surface area (Å²) < 4.78 is 0. The first-order valence-electron chi connectivity index (χ1n) is 9.97. The Balaban J connectivity index is 1.86. The second-order valence-corrected chi connectivity index (χ2v) is 8.13. The van der Waals surface area contributed by atoms with Crippen molar-refractivity contribution in [2.45, 2.75) is 10.8 Å². The molecular weight excluding hydrogens is 336 g/mol. The molecule has 0 aliphatic heterocycles. The Morgan fingerprint density at radius 1 is 0.500 bits per heavy atom. The van der Waals surface area contributed by atoms with Crippen LogP contribution >= 0.6 is 0 Å². The molecule has 4 aliphatic rings. The molecule has 0 aromatic heterocycles. The van der Waals surface area contributed by atoms with E-state index in [1.165, 1.54) is 43.5 Å². The lowest BCUT2D eigenvalue weighted by Crippen LogP contribution is -2.55. The van der Waals surface area contributed by atoms with E-state index >= 15 is 0 Å². The summed E-state index contributed by atoms with van der Waals surface area (Å²) in [6, 6.07) is 22.6. The van der Waals surface area contributed by atoms with E-state index in [0.717, 1.165) is 0 Å². The zero-order valence-corrected chi connectivity index (χ0v) is 15.4. The van der Waals surface area contributed by atoms with Crippen LogP contribution in [0.5, 0.6) is 0 Å². The first-order valence-corrected chi connectivity index (χ1v) is 9.97. The van der Waals surface area contributed by atoms with Crippen LogP contribution < -0.4 is 10.4 Å². The fourth-order valence-electron chi connectivity index (χ4n) is 6.28. The van der Waals surface area contributed by atoms with Crippen LogP contribution in [0.15, 0.2) is 109 Å². The Bertz CT molecular complexity index is 1350. The molecule has 2 spiro atoms. The van der Waals surface area contributed by atoms with E-state index in [2.05, 4.69) is 109 Å². The highest BCUT2D eigenvalue weighted by Crippen LogP contribution is 2.65. The number of benzene rings is 3. The van der Waals surface area contributed by atoms with Gasteiger partial charge in [-0.25, -0.2) is 0 Å². The lowest BCUT2D eigenvalue weighted by atomic mass is 9.51. The summed E-state index contributed by atoms with van der Waals surface area (Å²) >= 11 is 0. The van der Waals surface area contributed by atoms with Gasteiger partial charge < -0.3 is 0 Å². The van der Waals surface area contributed by atoms with Crippen LogP contribution in [0, 0.1) is 0 Å². The van der Waals surface area contributed by atoms with Crippen molar-refractivity contribution in [3.05, 3.63) is 131 Å². The summed E-state index contributed by atoms with van der Waals surface area (Å²) in [5.41, 5.74) is 5.30. The smallest absolute Gasteiger partial charge is 0.0570 e. The summed E-state index contributed by atoms with van der Waals surface area (Å²) in [6.07, 6.45) is 18.5. The van der Waals surface area contributed by atoms with Crippen LogP contribution in [-0.4, -0.2) is 0 Å². The number of hydrogen-bond donors (Lipinski definition) is 0. The van der Waals surface area contributed by atoms with E-state index in [9.17, 15) is 0 Å². The van der Waals surface area contributed by atoms with Gasteiger partial charge in [-0.3, -0.25) is 0 Å². The van der Waals surface area contributed by atoms with Gasteiger partial charge in [0.2, 0.25) is 0 Å². The molecule has 0 amide bonds. The SMILES string of the molecule is C1=CC2=c3ccccc3=C3C=CC=CC34c3cccc5cccc(c35)C24C=C1. The third-order valence-corrected chi connectivity index (χ3v) is 7.17. The molecule has 0 heteroatoms. The molecule has 3 aromatic carbocycles. The fourth-order valence-corrected chi connectivity index (χ4v) is 6.28. The molecule has 28 heavy (non-hydrogen) atoms. The van der Waals surface area contributed by atoms with Crippen LogP contribution in [0.25, 0.3) is 21.9 Å². The molecule has 0 N–H and O–H groups in total. The second-order valence-electron chi connectivity index (χ2n) is 8.13. The maximum Gasteiger partial charge on any atom is 0.0570 e. The maximum absolute atomic E-state index is 2.45. The molecule has 0 fully saturated rings. The molecular formula is C28H18. The molecule has 130 valence electrons. The zero-order valence-electron chi connectivity index (χ0n) is 15.4. The van der Waals surface area contributed by atoms with Gasteiger partial charge in [0.1, 0.15) is 0 Å². The Hall–Kier alpha value is -3.38. The van der Waals surface area contributed by atoms with Gasteiger partial charge in [-0.1, -0.05) is 109 Å². The van der Waals surface area contributed by atoms with Crippen molar-refractivity contribution in [2.75, 3.05) is 0 Å². The predicted octanol–water partition coefficient (Wildman–Crippen LogP) is 4.60. The average Bonchev–Trinajstić information content (AvgIpc) is 3.00. The average molecular weight is 354 g/mol. The summed E-state index contributed by atoms with van der Waals surface area (Å²) in [7, 11) is 0. The third-order valence-electron chi connectivity index (χ3n) is 7.17. The summed E-state index contributed by atoms with van der Waals surface area (Å²) in [5, 5.41) is 5.48. The molecule has 0 saturated heterocycles. The van der Waals surface area contributed by atoms with E-state index in [1.54, 1.807) is 0 Å². The van der Waals surface area contributed by atoms with E-state index < -0.39 is 0 Å². The first-order chi connectivity index (χ1) is 13.9. The molecule has 0 saturated carbocycles. The van der Waals surface area contributed by atoms with Crippen molar-refractivity contribution in [2.24, 2.45) is 0 Å². The molecule has 0 bridgehead atoms. The van der Waals surface area contributed by atoms with Crippen LogP contribution in [0.3, 0.4) is 0 Å². The van der Waals surface area contributed by atoms with Crippen molar-refractivity contribution in [3.8, 4) is 0 Å². The second kappa shape index (κ2) is 4.72. The lowest BCUT2D eigenvalue weighted by Gasteiger charge is -2.50. The molecule has 2 atom stereocenters. The number of allylic oxidation sites excluding steroid dienone is 8. The van der Waals surface area contributed by atoms with Gasteiger partial charge in [-0.15, -0.1) is 0 Å². The van der Waals surface area contributed by atoms with Gasteiger partial charge in [0, 0.05) is 0 Å². The number of rotatable bonds is 0. The number of hydrogen-bond acceptors (Lipinski definition) is 0. The molecule has 0 radical (unpaired) electrons. The Labute approximate surface area is 163 Å². The molecule has 2 unspecified atom stereocenters. The summed E-state index contributed by atoms with van der Waals surface area (Å²) in [4.78, 5) is 0. The van der Waals surface area contributed by atoms with Gasteiger partial charge in [-0.05, 0) is 43.5 Å². The van der Waals surface area contributed by atoms with Crippen molar-refractivity contribution < 1.29 is 0 Å². The van der Waals surface area contributed by atoms with Crippen molar-refractivity contribution in [1.29, 1.82) is 0 Å². The monoisotopic (exact) mass is 354 g/mol. The minimum Gasteiger partial charge on any atom is -0.0680 e. The predicted molar refractivity (Wildman–Crippen MR) is 116 cm³/mol. The molecule has 0 heterocycles. The van der Waals surface area contributed by atoms with E-state index in [1.807, 2.05) is 0 Å². The molecule has 3 aromatic rings. The quantitative estimate of drug-likeness (QED) is 0.554. The zero-order chi connectivity index (χ0) is 18.3. The van der Waals surface area contributed by atoms with E-state index in [-0.39, 0.29) is 10.8 Å². The Morgan fingerprint density at radius 2 is 1.04 bits per heavy atom. The van der Waals surface area contributed by atoms with Crippen LogP contribution in [0.4, 0.5) is 0 Å². The van der Waals surface area contributed by atoms with Gasteiger partial charge in [0.05, 0.1) is 10.8 Å². The molecule has 4 aliphatic carbocycles. The van der Waals surface area contributed by atoms with Crippen molar-refractivity contribution in [3.63, 3.8) is 0 Å². The van der Waals surface area contributed by atoms with Gasteiger partial charge >= 0.3 is 0 Å². The normalized spacial score (nSPS) is 27.6. The fraction of sp³-hybridized carbons (Fsp3) is 0.0714. The van der Waals surface area contributed by atoms with Crippen LogP contribution in [0.1, 0.15) is 11.1 Å². The van der Waals surface area contributed by atoms with E-state index in [0.29, 0.717) is 0 Å². The van der Waals surface area contributed by atoms with Crippen molar-refractivity contribution >= 4 is 21.9 Å². The number of fused-ring (bicyclic) bond motifs is 1. The Morgan fingerprint density at radius 3 is 1.57 bits per heavy atom. The highest BCUT2D eigenvalue weighted by molar-refractivity contribution is 6.05. The van der Waals surface area contributed by atoms with Crippen LogP contribution in [-0.2, 0) is 10.8 Å². The largest absolute Gasteiger partial charge is 0.0680 e. The minimum atomic E-state index is -0.199. The minimum absolute atomic E-state index is 0.199.